The lowest BCUT2D eigenvalue weighted by Gasteiger charge is -2.15. The van der Waals surface area contributed by atoms with Gasteiger partial charge in [-0.25, -0.2) is 0 Å². The fourth-order valence-corrected chi connectivity index (χ4v) is 2.60. The van der Waals surface area contributed by atoms with Gasteiger partial charge in [0, 0.05) is 6.54 Å². The average Bonchev–Trinajstić information content (AvgIpc) is 2.63. The maximum atomic E-state index is 10.0. The highest BCUT2D eigenvalue weighted by Gasteiger charge is 2.10. The van der Waals surface area contributed by atoms with Crippen molar-refractivity contribution < 1.29 is 19.3 Å². The Balaban J connectivity index is 1.72. The normalized spacial score (nSPS) is 11.8. The Morgan fingerprint density at radius 3 is 2.60 bits per heavy atom. The number of hydrogen-bond acceptors (Lipinski definition) is 5. The van der Waals surface area contributed by atoms with Crippen LogP contribution in [0.4, 0.5) is 0 Å². The summed E-state index contributed by atoms with van der Waals surface area (Å²) in [6.45, 7) is 3.47. The molecule has 2 aromatic carbocycles. The van der Waals surface area contributed by atoms with Crippen LogP contribution >= 0.6 is 0 Å². The second-order valence-corrected chi connectivity index (χ2v) is 5.89. The minimum Gasteiger partial charge on any atom is -0.493 e. The second-order valence-electron chi connectivity index (χ2n) is 5.89. The van der Waals surface area contributed by atoms with Crippen LogP contribution in [0.1, 0.15) is 11.1 Å². The Kier molecular flexibility index (Phi) is 7.57. The van der Waals surface area contributed by atoms with E-state index in [0.717, 1.165) is 41.3 Å². The highest BCUT2D eigenvalue weighted by molar-refractivity contribution is 5.46. The molecule has 0 heterocycles. The number of nitrogens with one attached hydrogen (secondary N) is 1. The van der Waals surface area contributed by atoms with E-state index in [4.69, 9.17) is 14.2 Å². The van der Waals surface area contributed by atoms with Crippen molar-refractivity contribution >= 4 is 0 Å². The summed E-state index contributed by atoms with van der Waals surface area (Å²) in [6.07, 6.45) is 0.221. The Hall–Kier alpha value is -2.24. The van der Waals surface area contributed by atoms with Gasteiger partial charge in [0.25, 0.3) is 0 Å². The molecule has 0 aliphatic heterocycles. The molecule has 2 rings (SSSR count). The molecule has 1 atom stereocenters. The first kappa shape index (κ1) is 19.1. The molecule has 0 saturated carbocycles. The number of ether oxygens (including phenoxy) is 3. The first-order valence-electron chi connectivity index (χ1n) is 8.42. The number of para-hydroxylation sites is 1. The first-order chi connectivity index (χ1) is 12.1. The molecular weight excluding hydrogens is 318 g/mol. The summed E-state index contributed by atoms with van der Waals surface area (Å²) >= 11 is 0. The molecule has 0 aliphatic carbocycles. The SMILES string of the molecule is COc1cccc(CCNC[C@H](O)COc2cccc(C)c2)c1OC. The van der Waals surface area contributed by atoms with Crippen molar-refractivity contribution in [1.29, 1.82) is 0 Å². The molecule has 136 valence electrons. The van der Waals surface area contributed by atoms with Gasteiger partial charge in [-0.05, 0) is 49.2 Å². The number of hydrogen-bond donors (Lipinski definition) is 2. The van der Waals surface area contributed by atoms with Gasteiger partial charge in [-0.2, -0.15) is 0 Å². The molecule has 0 fully saturated rings. The van der Waals surface area contributed by atoms with Gasteiger partial charge in [-0.3, -0.25) is 0 Å². The molecule has 0 radical (unpaired) electrons. The van der Waals surface area contributed by atoms with Gasteiger partial charge >= 0.3 is 0 Å². The third-order valence-electron chi connectivity index (χ3n) is 3.87. The Labute approximate surface area is 149 Å². The predicted octanol–water partition coefficient (Wildman–Crippen LogP) is 2.58. The Morgan fingerprint density at radius 2 is 1.88 bits per heavy atom. The van der Waals surface area contributed by atoms with Gasteiger partial charge in [0.2, 0.25) is 0 Å². The van der Waals surface area contributed by atoms with Crippen molar-refractivity contribution in [2.24, 2.45) is 0 Å². The largest absolute Gasteiger partial charge is 0.493 e. The molecule has 0 unspecified atom stereocenters. The van der Waals surface area contributed by atoms with Crippen LogP contribution in [-0.2, 0) is 6.42 Å². The van der Waals surface area contributed by atoms with Gasteiger partial charge in [0.1, 0.15) is 18.5 Å². The average molecular weight is 345 g/mol. The predicted molar refractivity (Wildman–Crippen MR) is 98.8 cm³/mol. The number of aliphatic hydroxyl groups is 1. The van der Waals surface area contributed by atoms with Crippen molar-refractivity contribution in [3.63, 3.8) is 0 Å². The molecule has 2 aromatic rings. The van der Waals surface area contributed by atoms with E-state index in [9.17, 15) is 5.11 Å². The third-order valence-corrected chi connectivity index (χ3v) is 3.87. The van der Waals surface area contributed by atoms with E-state index in [0.29, 0.717) is 6.54 Å². The van der Waals surface area contributed by atoms with Crippen LogP contribution in [0.3, 0.4) is 0 Å². The van der Waals surface area contributed by atoms with E-state index in [1.807, 2.05) is 49.4 Å². The summed E-state index contributed by atoms with van der Waals surface area (Å²) in [4.78, 5) is 0. The molecule has 0 aromatic heterocycles. The molecule has 5 heteroatoms. The fourth-order valence-electron chi connectivity index (χ4n) is 2.60. The molecule has 25 heavy (non-hydrogen) atoms. The number of aliphatic hydroxyl groups excluding tert-OH is 1. The van der Waals surface area contributed by atoms with E-state index in [2.05, 4.69) is 5.32 Å². The zero-order valence-electron chi connectivity index (χ0n) is 15.1. The molecule has 0 bridgehead atoms. The maximum Gasteiger partial charge on any atom is 0.163 e. The molecular formula is C20H27NO4. The van der Waals surface area contributed by atoms with Crippen LogP contribution in [0.5, 0.6) is 17.2 Å². The topological polar surface area (TPSA) is 60.0 Å². The summed E-state index contributed by atoms with van der Waals surface area (Å²) in [6, 6.07) is 13.6. The van der Waals surface area contributed by atoms with Gasteiger partial charge < -0.3 is 24.6 Å². The lowest BCUT2D eigenvalue weighted by atomic mass is 10.1. The van der Waals surface area contributed by atoms with E-state index in [-0.39, 0.29) is 6.61 Å². The number of rotatable bonds is 10. The van der Waals surface area contributed by atoms with E-state index >= 15 is 0 Å². The van der Waals surface area contributed by atoms with Crippen LogP contribution in [0.25, 0.3) is 0 Å². The van der Waals surface area contributed by atoms with Gasteiger partial charge in [-0.15, -0.1) is 0 Å². The molecule has 5 nitrogen and oxygen atoms in total. The van der Waals surface area contributed by atoms with Crippen LogP contribution in [0.15, 0.2) is 42.5 Å². The highest BCUT2D eigenvalue weighted by Crippen LogP contribution is 2.30. The quantitative estimate of drug-likeness (QED) is 0.648. The summed E-state index contributed by atoms with van der Waals surface area (Å²) in [5, 5.41) is 13.3. The standard InChI is InChI=1S/C20H27NO4/c1-15-6-4-8-18(12-15)25-14-17(22)13-21-11-10-16-7-5-9-19(23-2)20(16)24-3/h4-9,12,17,21-22H,10-11,13-14H2,1-3H3/t17-/m0/s1. The van der Waals surface area contributed by atoms with E-state index < -0.39 is 6.10 Å². The van der Waals surface area contributed by atoms with Crippen LogP contribution in [-0.4, -0.2) is 45.1 Å². The van der Waals surface area contributed by atoms with Crippen LogP contribution < -0.4 is 19.5 Å². The lowest BCUT2D eigenvalue weighted by Crippen LogP contribution is -2.32. The van der Waals surface area contributed by atoms with Crippen LogP contribution in [0.2, 0.25) is 0 Å². The molecule has 2 N–H and O–H groups in total. The van der Waals surface area contributed by atoms with E-state index in [1.54, 1.807) is 14.2 Å². The number of benzene rings is 2. The summed E-state index contributed by atoms with van der Waals surface area (Å²) in [5.41, 5.74) is 2.21. The van der Waals surface area contributed by atoms with Crippen molar-refractivity contribution in [2.75, 3.05) is 33.9 Å². The van der Waals surface area contributed by atoms with Crippen molar-refractivity contribution in [3.8, 4) is 17.2 Å². The number of aryl methyl sites for hydroxylation is 1. The third kappa shape index (κ3) is 5.96. The minimum absolute atomic E-state index is 0.263. The fraction of sp³-hybridized carbons (Fsp3) is 0.400. The van der Waals surface area contributed by atoms with Crippen molar-refractivity contribution in [1.82, 2.24) is 5.32 Å². The monoisotopic (exact) mass is 345 g/mol. The minimum atomic E-state index is -0.562. The second kappa shape index (κ2) is 9.91. The zero-order valence-corrected chi connectivity index (χ0v) is 15.1. The van der Waals surface area contributed by atoms with E-state index in [1.165, 1.54) is 0 Å². The summed E-state index contributed by atoms with van der Waals surface area (Å²) < 4.78 is 16.3. The Morgan fingerprint density at radius 1 is 1.08 bits per heavy atom. The van der Waals surface area contributed by atoms with Gasteiger partial charge in [0.15, 0.2) is 11.5 Å². The van der Waals surface area contributed by atoms with Gasteiger partial charge in [0.05, 0.1) is 14.2 Å². The molecule has 0 aliphatic rings. The lowest BCUT2D eigenvalue weighted by molar-refractivity contribution is 0.106. The highest BCUT2D eigenvalue weighted by atomic mass is 16.5. The first-order valence-corrected chi connectivity index (χ1v) is 8.42. The molecule has 0 spiro atoms. The number of methoxy groups -OCH3 is 2. The maximum absolute atomic E-state index is 10.0. The summed E-state index contributed by atoms with van der Waals surface area (Å²) in [5.74, 6) is 2.27. The van der Waals surface area contributed by atoms with Crippen LogP contribution in [0, 0.1) is 6.92 Å². The summed E-state index contributed by atoms with van der Waals surface area (Å²) in [7, 11) is 3.27. The van der Waals surface area contributed by atoms with Crippen molar-refractivity contribution in [2.45, 2.75) is 19.4 Å². The Bertz CT molecular complexity index is 660. The van der Waals surface area contributed by atoms with Gasteiger partial charge in [-0.1, -0.05) is 24.3 Å². The zero-order chi connectivity index (χ0) is 18.1. The molecule has 0 amide bonds. The van der Waals surface area contributed by atoms with Crippen molar-refractivity contribution in [3.05, 3.63) is 53.6 Å². The molecule has 0 saturated heterocycles. The smallest absolute Gasteiger partial charge is 0.163 e.